The molecule has 1 unspecified atom stereocenters. The minimum Gasteiger partial charge on any atom is -0.497 e. The van der Waals surface area contributed by atoms with E-state index in [1.165, 1.54) is 0 Å². The molecular formula is C21H19N3O3. The van der Waals surface area contributed by atoms with E-state index < -0.39 is 6.17 Å². The van der Waals surface area contributed by atoms with Crippen LogP contribution in [0.15, 0.2) is 66.9 Å². The molecule has 1 aliphatic heterocycles. The third-order valence-electron chi connectivity index (χ3n) is 4.53. The summed E-state index contributed by atoms with van der Waals surface area (Å²) in [6.07, 6.45) is 1.23. The highest BCUT2D eigenvalue weighted by Crippen LogP contribution is 2.42. The molecule has 0 fully saturated rings. The maximum Gasteiger partial charge on any atom is 0.262 e. The number of pyridine rings is 1. The van der Waals surface area contributed by atoms with Crippen LogP contribution in [-0.2, 0) is 0 Å². The van der Waals surface area contributed by atoms with Gasteiger partial charge in [-0.1, -0.05) is 18.2 Å². The van der Waals surface area contributed by atoms with Gasteiger partial charge >= 0.3 is 0 Å². The summed E-state index contributed by atoms with van der Waals surface area (Å²) in [4.78, 5) is 19.3. The molecule has 0 bridgehead atoms. The number of ether oxygens (including phenoxy) is 2. The van der Waals surface area contributed by atoms with E-state index in [9.17, 15) is 4.79 Å². The predicted octanol–water partition coefficient (Wildman–Crippen LogP) is 3.87. The minimum absolute atomic E-state index is 0.141. The minimum atomic E-state index is -0.461. The van der Waals surface area contributed by atoms with E-state index in [2.05, 4.69) is 10.3 Å². The molecule has 1 N–H and O–H groups in total. The smallest absolute Gasteiger partial charge is 0.262 e. The fraction of sp³-hybridized carbons (Fsp3) is 0.143. The SMILES string of the molecule is COc1ccc(OC)c(N2C(=O)c3cccnc3C2Nc2ccccc2)c1. The summed E-state index contributed by atoms with van der Waals surface area (Å²) in [5, 5.41) is 3.41. The van der Waals surface area contributed by atoms with Crippen molar-refractivity contribution in [1.82, 2.24) is 4.98 Å². The van der Waals surface area contributed by atoms with Gasteiger partial charge in [0, 0.05) is 18.0 Å². The van der Waals surface area contributed by atoms with Gasteiger partial charge in [-0.3, -0.25) is 14.7 Å². The number of benzene rings is 2. The number of carbonyl (C=O) groups excluding carboxylic acids is 1. The molecule has 1 aromatic heterocycles. The standard InChI is InChI=1S/C21H19N3O3/c1-26-15-10-11-18(27-2)17(13-15)24-20(23-14-7-4-3-5-8-14)19-16(21(24)25)9-6-12-22-19/h3-13,20,23H,1-2H3. The van der Waals surface area contributed by atoms with Crippen LogP contribution < -0.4 is 19.7 Å². The Kier molecular flexibility index (Phi) is 4.38. The maximum atomic E-state index is 13.2. The number of carbonyl (C=O) groups is 1. The highest BCUT2D eigenvalue weighted by atomic mass is 16.5. The highest BCUT2D eigenvalue weighted by molar-refractivity contribution is 6.11. The molecule has 6 heteroatoms. The molecule has 1 amide bonds. The van der Waals surface area contributed by atoms with Crippen molar-refractivity contribution in [2.75, 3.05) is 24.4 Å². The van der Waals surface area contributed by atoms with Gasteiger partial charge in [-0.05, 0) is 36.4 Å². The Morgan fingerprint density at radius 2 is 1.81 bits per heavy atom. The van der Waals surface area contributed by atoms with Crippen molar-refractivity contribution in [2.24, 2.45) is 0 Å². The van der Waals surface area contributed by atoms with Crippen LogP contribution in [0.1, 0.15) is 22.2 Å². The third kappa shape index (κ3) is 2.95. The van der Waals surface area contributed by atoms with Crippen molar-refractivity contribution in [3.63, 3.8) is 0 Å². The Morgan fingerprint density at radius 3 is 2.56 bits per heavy atom. The Morgan fingerprint density at radius 1 is 1.00 bits per heavy atom. The van der Waals surface area contributed by atoms with Crippen LogP contribution in [-0.4, -0.2) is 25.1 Å². The number of fused-ring (bicyclic) bond motifs is 1. The van der Waals surface area contributed by atoms with Crippen molar-refractivity contribution in [3.8, 4) is 11.5 Å². The molecule has 0 saturated carbocycles. The zero-order chi connectivity index (χ0) is 18.8. The zero-order valence-corrected chi connectivity index (χ0v) is 15.0. The molecule has 0 aliphatic carbocycles. The van der Waals surface area contributed by atoms with E-state index in [0.717, 1.165) is 5.69 Å². The Balaban J connectivity index is 1.84. The number of methoxy groups -OCH3 is 2. The van der Waals surface area contributed by atoms with E-state index in [1.807, 2.05) is 30.3 Å². The molecule has 0 saturated heterocycles. The van der Waals surface area contributed by atoms with Gasteiger partial charge in [0.05, 0.1) is 31.2 Å². The summed E-state index contributed by atoms with van der Waals surface area (Å²) in [6.45, 7) is 0. The molecule has 2 aromatic carbocycles. The normalized spacial score (nSPS) is 15.4. The fourth-order valence-corrected chi connectivity index (χ4v) is 3.24. The number of hydrogen-bond donors (Lipinski definition) is 1. The summed E-state index contributed by atoms with van der Waals surface area (Å²) >= 11 is 0. The third-order valence-corrected chi connectivity index (χ3v) is 4.53. The average Bonchev–Trinajstić information content (AvgIpc) is 3.00. The molecule has 2 heterocycles. The van der Waals surface area contributed by atoms with Crippen LogP contribution >= 0.6 is 0 Å². The van der Waals surface area contributed by atoms with Gasteiger partial charge in [0.15, 0.2) is 6.17 Å². The number of para-hydroxylation sites is 1. The second kappa shape index (κ2) is 6.99. The number of nitrogens with one attached hydrogen (secondary N) is 1. The molecule has 6 nitrogen and oxygen atoms in total. The van der Waals surface area contributed by atoms with Crippen molar-refractivity contribution >= 4 is 17.3 Å². The summed E-state index contributed by atoms with van der Waals surface area (Å²) in [5.74, 6) is 1.08. The van der Waals surface area contributed by atoms with Crippen LogP contribution in [0.25, 0.3) is 0 Å². The second-order valence-electron chi connectivity index (χ2n) is 6.06. The van der Waals surface area contributed by atoms with Crippen LogP contribution in [0, 0.1) is 0 Å². The van der Waals surface area contributed by atoms with Crippen molar-refractivity contribution in [1.29, 1.82) is 0 Å². The molecule has 27 heavy (non-hydrogen) atoms. The van der Waals surface area contributed by atoms with Crippen LogP contribution in [0.5, 0.6) is 11.5 Å². The molecule has 4 rings (SSSR count). The molecular weight excluding hydrogens is 342 g/mol. The van der Waals surface area contributed by atoms with Gasteiger partial charge in [0.1, 0.15) is 11.5 Å². The molecule has 0 radical (unpaired) electrons. The van der Waals surface area contributed by atoms with Crippen molar-refractivity contribution in [3.05, 3.63) is 78.1 Å². The van der Waals surface area contributed by atoms with Gasteiger partial charge in [0.2, 0.25) is 0 Å². The highest BCUT2D eigenvalue weighted by Gasteiger charge is 2.40. The van der Waals surface area contributed by atoms with Gasteiger partial charge < -0.3 is 14.8 Å². The van der Waals surface area contributed by atoms with E-state index in [4.69, 9.17) is 9.47 Å². The fourth-order valence-electron chi connectivity index (χ4n) is 3.24. The number of amides is 1. The lowest BCUT2D eigenvalue weighted by Gasteiger charge is -2.28. The first kappa shape index (κ1) is 16.9. The molecule has 1 aliphatic rings. The molecule has 1 atom stereocenters. The van der Waals surface area contributed by atoms with E-state index in [1.54, 1.807) is 55.6 Å². The number of hydrogen-bond acceptors (Lipinski definition) is 5. The summed E-state index contributed by atoms with van der Waals surface area (Å²) in [5.41, 5.74) is 2.75. The Bertz CT molecular complexity index is 975. The number of aromatic nitrogens is 1. The van der Waals surface area contributed by atoms with Crippen molar-refractivity contribution < 1.29 is 14.3 Å². The van der Waals surface area contributed by atoms with Gasteiger partial charge in [-0.2, -0.15) is 0 Å². The molecule has 0 spiro atoms. The second-order valence-corrected chi connectivity index (χ2v) is 6.06. The Labute approximate surface area is 157 Å². The van der Waals surface area contributed by atoms with Crippen LogP contribution in [0.2, 0.25) is 0 Å². The molecule has 3 aromatic rings. The summed E-state index contributed by atoms with van der Waals surface area (Å²) in [6, 6.07) is 18.7. The lowest BCUT2D eigenvalue weighted by Crippen LogP contribution is -2.32. The monoisotopic (exact) mass is 361 g/mol. The first-order valence-corrected chi connectivity index (χ1v) is 8.55. The largest absolute Gasteiger partial charge is 0.497 e. The van der Waals surface area contributed by atoms with E-state index >= 15 is 0 Å². The quantitative estimate of drug-likeness (QED) is 0.747. The lowest BCUT2D eigenvalue weighted by atomic mass is 10.2. The average molecular weight is 361 g/mol. The van der Waals surface area contributed by atoms with Crippen LogP contribution in [0.4, 0.5) is 11.4 Å². The van der Waals surface area contributed by atoms with E-state index in [-0.39, 0.29) is 5.91 Å². The first-order chi connectivity index (χ1) is 13.2. The lowest BCUT2D eigenvalue weighted by molar-refractivity contribution is 0.0992. The first-order valence-electron chi connectivity index (χ1n) is 8.55. The topological polar surface area (TPSA) is 63.7 Å². The van der Waals surface area contributed by atoms with Crippen LogP contribution in [0.3, 0.4) is 0 Å². The van der Waals surface area contributed by atoms with Crippen molar-refractivity contribution in [2.45, 2.75) is 6.17 Å². The summed E-state index contributed by atoms with van der Waals surface area (Å²) in [7, 11) is 3.17. The Hall–Kier alpha value is -3.54. The van der Waals surface area contributed by atoms with Gasteiger partial charge in [-0.15, -0.1) is 0 Å². The zero-order valence-electron chi connectivity index (χ0n) is 15.0. The van der Waals surface area contributed by atoms with Gasteiger partial charge in [0.25, 0.3) is 5.91 Å². The maximum absolute atomic E-state index is 13.2. The number of anilines is 2. The van der Waals surface area contributed by atoms with E-state index in [0.29, 0.717) is 28.4 Å². The summed E-state index contributed by atoms with van der Waals surface area (Å²) < 4.78 is 10.9. The predicted molar refractivity (Wildman–Crippen MR) is 103 cm³/mol. The van der Waals surface area contributed by atoms with Gasteiger partial charge in [-0.25, -0.2) is 0 Å². The number of nitrogens with zero attached hydrogens (tertiary/aromatic N) is 2. The number of rotatable bonds is 5. The molecule has 136 valence electrons.